The van der Waals surface area contributed by atoms with Gasteiger partial charge in [0.2, 0.25) is 5.91 Å². The fourth-order valence-corrected chi connectivity index (χ4v) is 3.57. The van der Waals surface area contributed by atoms with Crippen LogP contribution < -0.4 is 10.2 Å². The lowest BCUT2D eigenvalue weighted by Gasteiger charge is -2.41. The zero-order valence-electron chi connectivity index (χ0n) is 15.0. The number of nitrogens with one attached hydrogen (secondary N) is 1. The summed E-state index contributed by atoms with van der Waals surface area (Å²) < 4.78 is 0. The van der Waals surface area contributed by atoms with Gasteiger partial charge in [-0.25, -0.2) is 0 Å². The van der Waals surface area contributed by atoms with Crippen molar-refractivity contribution < 1.29 is 4.79 Å². The first-order valence-electron chi connectivity index (χ1n) is 8.73. The minimum atomic E-state index is -0.0422. The van der Waals surface area contributed by atoms with Crippen molar-refractivity contribution in [2.24, 2.45) is 0 Å². The van der Waals surface area contributed by atoms with E-state index in [2.05, 4.69) is 53.2 Å². The van der Waals surface area contributed by atoms with Crippen LogP contribution in [0.4, 0.5) is 11.4 Å². The molecular weight excluding hydrogens is 369 g/mol. The molecule has 1 amide bonds. The molecule has 1 unspecified atom stereocenters. The smallest absolute Gasteiger partial charge is 0.238 e. The average Bonchev–Trinajstić information content (AvgIpc) is 2.59. The summed E-state index contributed by atoms with van der Waals surface area (Å²) in [7, 11) is 0. The van der Waals surface area contributed by atoms with Crippen molar-refractivity contribution in [3.8, 4) is 0 Å². The van der Waals surface area contributed by atoms with Gasteiger partial charge in [-0.2, -0.15) is 0 Å². The average molecular weight is 392 g/mol. The predicted molar refractivity (Wildman–Crippen MR) is 110 cm³/mol. The number of nitrogens with zero attached hydrogens (tertiary/aromatic N) is 2. The van der Waals surface area contributed by atoms with E-state index in [-0.39, 0.29) is 5.91 Å². The van der Waals surface area contributed by atoms with Gasteiger partial charge >= 0.3 is 0 Å². The highest BCUT2D eigenvalue weighted by atomic mass is 35.5. The quantitative estimate of drug-likeness (QED) is 0.835. The Labute approximate surface area is 164 Å². The molecule has 1 aliphatic rings. The first-order chi connectivity index (χ1) is 12.4. The van der Waals surface area contributed by atoms with Crippen LogP contribution in [0.15, 0.2) is 42.5 Å². The monoisotopic (exact) mass is 391 g/mol. The van der Waals surface area contributed by atoms with E-state index in [4.69, 9.17) is 23.2 Å². The maximum Gasteiger partial charge on any atom is 0.238 e. The normalized spacial score (nSPS) is 18.0. The van der Waals surface area contributed by atoms with Crippen LogP contribution in [0.1, 0.15) is 12.5 Å². The maximum atomic E-state index is 12.3. The number of rotatable bonds is 4. The van der Waals surface area contributed by atoms with Gasteiger partial charge in [0, 0.05) is 37.1 Å². The molecule has 1 N–H and O–H groups in total. The molecule has 0 saturated carbocycles. The van der Waals surface area contributed by atoms with Crippen molar-refractivity contribution in [2.75, 3.05) is 36.4 Å². The Hall–Kier alpha value is -1.75. The number of hydrogen-bond donors (Lipinski definition) is 1. The molecule has 1 heterocycles. The summed E-state index contributed by atoms with van der Waals surface area (Å²) in [6, 6.07) is 14.1. The highest BCUT2D eigenvalue weighted by Gasteiger charge is 2.25. The van der Waals surface area contributed by atoms with Gasteiger partial charge in [-0.3, -0.25) is 9.69 Å². The van der Waals surface area contributed by atoms with Crippen LogP contribution in [0.25, 0.3) is 0 Å². The topological polar surface area (TPSA) is 35.6 Å². The lowest BCUT2D eigenvalue weighted by atomic mass is 10.1. The molecule has 6 heteroatoms. The van der Waals surface area contributed by atoms with Crippen LogP contribution in [-0.2, 0) is 4.79 Å². The van der Waals surface area contributed by atoms with E-state index in [9.17, 15) is 4.79 Å². The van der Waals surface area contributed by atoms with Crippen molar-refractivity contribution in [1.82, 2.24) is 4.90 Å². The molecule has 0 bridgehead atoms. The second-order valence-electron chi connectivity index (χ2n) is 6.79. The third-order valence-corrected chi connectivity index (χ3v) is 5.39. The second kappa shape index (κ2) is 8.30. The number of anilines is 2. The van der Waals surface area contributed by atoms with Gasteiger partial charge in [0.05, 0.1) is 16.6 Å². The van der Waals surface area contributed by atoms with Gasteiger partial charge in [-0.05, 0) is 44.2 Å². The first-order valence-corrected chi connectivity index (χ1v) is 9.48. The Morgan fingerprint density at radius 3 is 2.50 bits per heavy atom. The molecule has 0 spiro atoms. The summed E-state index contributed by atoms with van der Waals surface area (Å²) in [4.78, 5) is 16.9. The lowest BCUT2D eigenvalue weighted by molar-refractivity contribution is -0.117. The van der Waals surface area contributed by atoms with Gasteiger partial charge in [-0.15, -0.1) is 0 Å². The predicted octanol–water partition coefficient (Wildman–Crippen LogP) is 4.45. The number of piperazine rings is 1. The fourth-order valence-electron chi connectivity index (χ4n) is 3.27. The fraction of sp³-hybridized carbons (Fsp3) is 0.350. The zero-order valence-corrected chi connectivity index (χ0v) is 16.5. The molecule has 2 aromatic rings. The van der Waals surface area contributed by atoms with Crippen molar-refractivity contribution in [3.05, 3.63) is 58.1 Å². The van der Waals surface area contributed by atoms with Crippen molar-refractivity contribution in [2.45, 2.75) is 19.9 Å². The third kappa shape index (κ3) is 4.70. The van der Waals surface area contributed by atoms with E-state index in [0.29, 0.717) is 28.3 Å². The molecule has 1 saturated heterocycles. The lowest BCUT2D eigenvalue weighted by Crippen LogP contribution is -2.53. The number of aryl methyl sites for hydroxylation is 1. The van der Waals surface area contributed by atoms with Crippen LogP contribution in [0, 0.1) is 6.92 Å². The van der Waals surface area contributed by atoms with E-state index < -0.39 is 0 Å². The summed E-state index contributed by atoms with van der Waals surface area (Å²) in [5.41, 5.74) is 3.16. The first kappa shape index (κ1) is 19.0. The minimum Gasteiger partial charge on any atom is -0.366 e. The summed E-state index contributed by atoms with van der Waals surface area (Å²) in [6.45, 7) is 7.27. The van der Waals surface area contributed by atoms with E-state index in [1.165, 1.54) is 11.3 Å². The molecule has 0 aliphatic carbocycles. The molecule has 26 heavy (non-hydrogen) atoms. The van der Waals surface area contributed by atoms with E-state index >= 15 is 0 Å². The number of carbonyl (C=O) groups is 1. The summed E-state index contributed by atoms with van der Waals surface area (Å²) in [5, 5.41) is 3.80. The summed E-state index contributed by atoms with van der Waals surface area (Å²) >= 11 is 11.9. The van der Waals surface area contributed by atoms with Gasteiger partial charge in [0.15, 0.2) is 0 Å². The van der Waals surface area contributed by atoms with E-state index in [1.807, 2.05) is 0 Å². The van der Waals surface area contributed by atoms with Gasteiger partial charge < -0.3 is 10.2 Å². The van der Waals surface area contributed by atoms with Gasteiger partial charge in [0.1, 0.15) is 0 Å². The molecule has 138 valence electrons. The number of amides is 1. The zero-order chi connectivity index (χ0) is 18.7. The Bertz CT molecular complexity index is 779. The molecular formula is C20H23Cl2N3O. The maximum absolute atomic E-state index is 12.3. The largest absolute Gasteiger partial charge is 0.366 e. The minimum absolute atomic E-state index is 0.0422. The highest BCUT2D eigenvalue weighted by molar-refractivity contribution is 6.42. The number of halogens is 2. The Morgan fingerprint density at radius 1 is 1.12 bits per heavy atom. The standard InChI is InChI=1S/C20H23Cl2N3O/c1-14-3-6-17(7-4-14)25-10-9-24(12-15(25)2)13-20(26)23-16-5-8-18(21)19(22)11-16/h3-8,11,15H,9-10,12-13H2,1-2H3,(H,23,26). The number of hydrogen-bond acceptors (Lipinski definition) is 3. The molecule has 0 aromatic heterocycles. The molecule has 1 atom stereocenters. The molecule has 3 rings (SSSR count). The van der Waals surface area contributed by atoms with E-state index in [1.54, 1.807) is 18.2 Å². The SMILES string of the molecule is Cc1ccc(N2CCN(CC(=O)Nc3ccc(Cl)c(Cl)c3)CC2C)cc1. The molecule has 4 nitrogen and oxygen atoms in total. The third-order valence-electron chi connectivity index (χ3n) is 4.65. The van der Waals surface area contributed by atoms with Crippen LogP contribution in [0.5, 0.6) is 0 Å². The van der Waals surface area contributed by atoms with Crippen molar-refractivity contribution in [1.29, 1.82) is 0 Å². The molecule has 0 radical (unpaired) electrons. The van der Waals surface area contributed by atoms with Crippen LogP contribution >= 0.6 is 23.2 Å². The number of benzene rings is 2. The van der Waals surface area contributed by atoms with Gasteiger partial charge in [-0.1, -0.05) is 40.9 Å². The van der Waals surface area contributed by atoms with Crippen molar-refractivity contribution in [3.63, 3.8) is 0 Å². The Balaban J connectivity index is 1.54. The Kier molecular flexibility index (Phi) is 6.07. The Morgan fingerprint density at radius 2 is 1.85 bits per heavy atom. The van der Waals surface area contributed by atoms with Gasteiger partial charge in [0.25, 0.3) is 0 Å². The summed E-state index contributed by atoms with van der Waals surface area (Å²) in [5.74, 6) is -0.0422. The molecule has 1 aliphatic heterocycles. The van der Waals surface area contributed by atoms with Crippen LogP contribution in [0.2, 0.25) is 10.0 Å². The highest BCUT2D eigenvalue weighted by Crippen LogP contribution is 2.25. The van der Waals surface area contributed by atoms with Crippen molar-refractivity contribution >= 4 is 40.5 Å². The summed E-state index contributed by atoms with van der Waals surface area (Å²) in [6.07, 6.45) is 0. The molecule has 2 aromatic carbocycles. The van der Waals surface area contributed by atoms with Crippen LogP contribution in [-0.4, -0.2) is 43.0 Å². The van der Waals surface area contributed by atoms with Crippen LogP contribution in [0.3, 0.4) is 0 Å². The number of carbonyl (C=O) groups excluding carboxylic acids is 1. The second-order valence-corrected chi connectivity index (χ2v) is 7.60. The van der Waals surface area contributed by atoms with E-state index in [0.717, 1.165) is 19.6 Å². The molecule has 1 fully saturated rings.